The Bertz CT molecular complexity index is 696. The zero-order valence-electron chi connectivity index (χ0n) is 8.38. The second-order valence-electron chi connectivity index (χ2n) is 3.29. The summed E-state index contributed by atoms with van der Waals surface area (Å²) in [6, 6.07) is 6.22. The van der Waals surface area contributed by atoms with Crippen molar-refractivity contribution < 1.29 is 4.39 Å². The van der Waals surface area contributed by atoms with Crippen molar-refractivity contribution in [1.82, 2.24) is 25.0 Å². The fourth-order valence-corrected chi connectivity index (χ4v) is 1.67. The molecule has 0 radical (unpaired) electrons. The highest BCUT2D eigenvalue weighted by atomic mass is 35.5. The smallest absolute Gasteiger partial charge is 0.188 e. The predicted octanol–water partition coefficient (Wildman–Crippen LogP) is 2.00. The highest BCUT2D eigenvalue weighted by molar-refractivity contribution is 6.33. The molecule has 0 amide bonds. The summed E-state index contributed by atoms with van der Waals surface area (Å²) in [6.45, 7) is 0. The number of para-hydroxylation sites is 1. The summed E-state index contributed by atoms with van der Waals surface area (Å²) in [7, 11) is 0. The summed E-state index contributed by atoms with van der Waals surface area (Å²) in [5.41, 5.74) is 0.984. The third-order valence-electron chi connectivity index (χ3n) is 2.27. The Labute approximate surface area is 99.9 Å². The molecule has 1 aromatic carbocycles. The molecule has 0 atom stereocenters. The number of benzene rings is 1. The molecule has 17 heavy (non-hydrogen) atoms. The third-order valence-corrected chi connectivity index (χ3v) is 2.55. The molecule has 0 fully saturated rings. The van der Waals surface area contributed by atoms with Gasteiger partial charge in [-0.05, 0) is 12.1 Å². The molecule has 0 saturated heterocycles. The predicted molar refractivity (Wildman–Crippen MR) is 59.4 cm³/mol. The molecule has 0 spiro atoms. The first-order chi connectivity index (χ1) is 8.27. The molecule has 0 N–H and O–H groups in total. The SMILES string of the molecule is Fc1ccccc1-n1nnc2c(Cl)ncnc21. The minimum atomic E-state index is -0.408. The largest absolute Gasteiger partial charge is 0.222 e. The maximum Gasteiger partial charge on any atom is 0.188 e. The monoisotopic (exact) mass is 249 g/mol. The fourth-order valence-electron chi connectivity index (χ4n) is 1.51. The van der Waals surface area contributed by atoms with Gasteiger partial charge in [-0.25, -0.2) is 14.4 Å². The van der Waals surface area contributed by atoms with E-state index in [0.29, 0.717) is 11.2 Å². The van der Waals surface area contributed by atoms with Gasteiger partial charge in [-0.15, -0.1) is 5.10 Å². The van der Waals surface area contributed by atoms with Crippen molar-refractivity contribution >= 4 is 22.8 Å². The van der Waals surface area contributed by atoms with Gasteiger partial charge in [-0.1, -0.05) is 28.9 Å². The molecule has 0 aliphatic carbocycles. The van der Waals surface area contributed by atoms with Gasteiger partial charge in [-0.2, -0.15) is 4.68 Å². The van der Waals surface area contributed by atoms with Gasteiger partial charge < -0.3 is 0 Å². The average molecular weight is 250 g/mol. The van der Waals surface area contributed by atoms with Gasteiger partial charge in [0.05, 0.1) is 0 Å². The first kappa shape index (κ1) is 10.1. The summed E-state index contributed by atoms with van der Waals surface area (Å²) in [5, 5.41) is 7.84. The number of rotatable bonds is 1. The normalized spacial score (nSPS) is 10.9. The lowest BCUT2D eigenvalue weighted by atomic mass is 10.3. The first-order valence-electron chi connectivity index (χ1n) is 4.74. The summed E-state index contributed by atoms with van der Waals surface area (Å²) < 4.78 is 14.9. The van der Waals surface area contributed by atoms with Crippen molar-refractivity contribution in [3.8, 4) is 5.69 Å². The van der Waals surface area contributed by atoms with Gasteiger partial charge in [0.2, 0.25) is 0 Å². The van der Waals surface area contributed by atoms with Crippen LogP contribution in [0.25, 0.3) is 16.9 Å². The zero-order chi connectivity index (χ0) is 11.8. The second-order valence-corrected chi connectivity index (χ2v) is 3.65. The molecule has 3 rings (SSSR count). The minimum absolute atomic E-state index is 0.192. The van der Waals surface area contributed by atoms with E-state index in [1.165, 1.54) is 17.1 Å². The van der Waals surface area contributed by atoms with E-state index in [1.807, 2.05) is 0 Å². The number of nitrogens with zero attached hydrogens (tertiary/aromatic N) is 5. The van der Waals surface area contributed by atoms with Gasteiger partial charge in [0.25, 0.3) is 0 Å². The number of hydrogen-bond donors (Lipinski definition) is 0. The Hall–Kier alpha value is -2.08. The Morgan fingerprint density at radius 1 is 1.18 bits per heavy atom. The second kappa shape index (κ2) is 3.74. The van der Waals surface area contributed by atoms with E-state index >= 15 is 0 Å². The molecule has 3 aromatic rings. The van der Waals surface area contributed by atoms with Crippen LogP contribution in [0.4, 0.5) is 4.39 Å². The van der Waals surface area contributed by atoms with E-state index < -0.39 is 5.82 Å². The Balaban J connectivity index is 2.33. The lowest BCUT2D eigenvalue weighted by molar-refractivity contribution is 0.609. The van der Waals surface area contributed by atoms with Crippen LogP contribution in [0.15, 0.2) is 30.6 Å². The van der Waals surface area contributed by atoms with E-state index in [2.05, 4.69) is 20.3 Å². The van der Waals surface area contributed by atoms with Crippen molar-refractivity contribution in [2.45, 2.75) is 0 Å². The summed E-state index contributed by atoms with van der Waals surface area (Å²) in [6.07, 6.45) is 1.28. The van der Waals surface area contributed by atoms with Crippen molar-refractivity contribution in [2.75, 3.05) is 0 Å². The van der Waals surface area contributed by atoms with E-state index in [1.54, 1.807) is 18.2 Å². The van der Waals surface area contributed by atoms with Crippen LogP contribution < -0.4 is 0 Å². The number of hydrogen-bond acceptors (Lipinski definition) is 4. The van der Waals surface area contributed by atoms with Crippen LogP contribution in [0.3, 0.4) is 0 Å². The Morgan fingerprint density at radius 3 is 2.82 bits per heavy atom. The van der Waals surface area contributed by atoms with Crippen LogP contribution in [0.2, 0.25) is 5.15 Å². The maximum absolute atomic E-state index is 13.6. The molecule has 7 heteroatoms. The summed E-state index contributed by atoms with van der Waals surface area (Å²) in [5.74, 6) is -0.408. The standard InChI is InChI=1S/C10H5ClFN5/c11-9-8-10(14-5-13-9)17(16-15-8)7-4-2-1-3-6(7)12/h1-5H. The van der Waals surface area contributed by atoms with Gasteiger partial charge in [0, 0.05) is 0 Å². The summed E-state index contributed by atoms with van der Waals surface area (Å²) >= 11 is 5.84. The fraction of sp³-hybridized carbons (Fsp3) is 0. The van der Waals surface area contributed by atoms with E-state index in [-0.39, 0.29) is 10.8 Å². The Kier molecular flexibility index (Phi) is 2.22. The van der Waals surface area contributed by atoms with Crippen molar-refractivity contribution in [3.63, 3.8) is 0 Å². The lowest BCUT2D eigenvalue weighted by Gasteiger charge is -2.01. The van der Waals surface area contributed by atoms with E-state index in [9.17, 15) is 4.39 Å². The average Bonchev–Trinajstić information content (AvgIpc) is 2.75. The third kappa shape index (κ3) is 1.53. The zero-order valence-corrected chi connectivity index (χ0v) is 9.13. The lowest BCUT2D eigenvalue weighted by Crippen LogP contribution is -2.00. The molecule has 2 heterocycles. The molecule has 5 nitrogen and oxygen atoms in total. The molecule has 0 saturated carbocycles. The van der Waals surface area contributed by atoms with Crippen molar-refractivity contribution in [3.05, 3.63) is 41.6 Å². The van der Waals surface area contributed by atoms with Crippen LogP contribution >= 0.6 is 11.6 Å². The summed E-state index contributed by atoms with van der Waals surface area (Å²) in [4.78, 5) is 7.78. The van der Waals surface area contributed by atoms with Crippen LogP contribution in [0.1, 0.15) is 0 Å². The van der Waals surface area contributed by atoms with Crippen molar-refractivity contribution in [2.24, 2.45) is 0 Å². The number of fused-ring (bicyclic) bond motifs is 1. The molecule has 0 bridgehead atoms. The van der Waals surface area contributed by atoms with Crippen LogP contribution in [0.5, 0.6) is 0 Å². The molecular weight excluding hydrogens is 245 g/mol. The first-order valence-corrected chi connectivity index (χ1v) is 5.12. The highest BCUT2D eigenvalue weighted by Gasteiger charge is 2.13. The molecule has 0 aliphatic rings. The molecule has 84 valence electrons. The van der Waals surface area contributed by atoms with Crippen LogP contribution in [-0.2, 0) is 0 Å². The van der Waals surface area contributed by atoms with E-state index in [4.69, 9.17) is 11.6 Å². The van der Waals surface area contributed by atoms with Crippen LogP contribution in [0, 0.1) is 5.82 Å². The van der Waals surface area contributed by atoms with Gasteiger partial charge in [-0.3, -0.25) is 0 Å². The highest BCUT2D eigenvalue weighted by Crippen LogP contribution is 2.20. The topological polar surface area (TPSA) is 56.5 Å². The minimum Gasteiger partial charge on any atom is -0.222 e. The maximum atomic E-state index is 13.6. The molecule has 0 aliphatic heterocycles. The Morgan fingerprint density at radius 2 is 2.00 bits per heavy atom. The van der Waals surface area contributed by atoms with Gasteiger partial charge in [0.15, 0.2) is 16.3 Å². The van der Waals surface area contributed by atoms with Crippen LogP contribution in [-0.4, -0.2) is 25.0 Å². The molecule has 2 aromatic heterocycles. The van der Waals surface area contributed by atoms with Gasteiger partial charge in [0.1, 0.15) is 17.8 Å². The van der Waals surface area contributed by atoms with Gasteiger partial charge >= 0.3 is 0 Å². The number of aromatic nitrogens is 5. The van der Waals surface area contributed by atoms with E-state index in [0.717, 1.165) is 0 Å². The molecule has 0 unspecified atom stereocenters. The number of halogens is 2. The molecular formula is C10H5ClFN5. The quantitative estimate of drug-likeness (QED) is 0.619. The van der Waals surface area contributed by atoms with Crippen molar-refractivity contribution in [1.29, 1.82) is 0 Å².